The third-order valence-electron chi connectivity index (χ3n) is 4.11. The van der Waals surface area contributed by atoms with Crippen molar-refractivity contribution in [2.45, 2.75) is 84.5 Å². The number of quaternary nitrogens is 1. The lowest BCUT2D eigenvalue weighted by Gasteiger charge is -2.28. The highest BCUT2D eigenvalue weighted by molar-refractivity contribution is 5.63. The number of likely N-dealkylation sites (N-methyl/N-ethyl adjacent to an activating group) is 1. The molecular weight excluding hydrogens is 290 g/mol. The Balaban J connectivity index is 0. The predicted octanol–water partition coefficient (Wildman–Crippen LogP) is 3.12. The van der Waals surface area contributed by atoms with Crippen LogP contribution in [0.5, 0.6) is 0 Å². The van der Waals surface area contributed by atoms with Crippen molar-refractivity contribution in [1.82, 2.24) is 0 Å². The van der Waals surface area contributed by atoms with E-state index in [4.69, 9.17) is 5.11 Å². The quantitative estimate of drug-likeness (QED) is 0.393. The van der Waals surface area contributed by atoms with Crippen LogP contribution in [0.25, 0.3) is 0 Å². The van der Waals surface area contributed by atoms with Gasteiger partial charge >= 0.3 is 0 Å². The van der Waals surface area contributed by atoms with Gasteiger partial charge in [-0.15, -0.1) is 0 Å². The molecule has 0 bridgehead atoms. The number of carbonyl (C=O) groups is 1. The number of hydrogen-bond donors (Lipinski definition) is 1. The molecule has 0 aliphatic carbocycles. The Morgan fingerprint density at radius 1 is 0.826 bits per heavy atom. The summed E-state index contributed by atoms with van der Waals surface area (Å²) >= 11 is 0. The molecule has 0 aromatic heterocycles. The first-order chi connectivity index (χ1) is 10.9. The average Bonchev–Trinajstić information content (AvgIpc) is 2.49. The van der Waals surface area contributed by atoms with E-state index in [-0.39, 0.29) is 6.42 Å². The Hall–Kier alpha value is -0.610. The van der Waals surface area contributed by atoms with Crippen LogP contribution >= 0.6 is 0 Å². The Morgan fingerprint density at radius 3 is 1.57 bits per heavy atom. The van der Waals surface area contributed by atoms with Crippen LogP contribution < -0.4 is 5.11 Å². The molecule has 0 saturated carbocycles. The highest BCUT2D eigenvalue weighted by Crippen LogP contribution is 2.11. The summed E-state index contributed by atoms with van der Waals surface area (Å²) in [6, 6.07) is 0. The molecule has 0 fully saturated rings. The molecule has 0 heterocycles. The van der Waals surface area contributed by atoms with Crippen LogP contribution in [0.1, 0.15) is 84.5 Å². The fourth-order valence-corrected chi connectivity index (χ4v) is 2.41. The van der Waals surface area contributed by atoms with Crippen molar-refractivity contribution in [3.63, 3.8) is 0 Å². The van der Waals surface area contributed by atoms with E-state index in [0.29, 0.717) is 6.61 Å². The second kappa shape index (κ2) is 17.7. The summed E-state index contributed by atoms with van der Waals surface area (Å²) < 4.78 is 0.966. The fraction of sp³-hybridized carbons (Fsp3) is 0.947. The summed E-state index contributed by atoms with van der Waals surface area (Å²) in [7, 11) is 4.42. The van der Waals surface area contributed by atoms with Crippen LogP contribution in [-0.4, -0.2) is 49.4 Å². The number of carboxylic acid groups (broad SMARTS) is 1. The second-order valence-electron chi connectivity index (χ2n) is 7.01. The molecule has 0 aliphatic rings. The van der Waals surface area contributed by atoms with E-state index >= 15 is 0 Å². The van der Waals surface area contributed by atoms with E-state index in [9.17, 15) is 9.90 Å². The summed E-state index contributed by atoms with van der Waals surface area (Å²) in [4.78, 5) is 9.26. The molecule has 0 atom stereocenters. The van der Waals surface area contributed by atoms with E-state index in [1.165, 1.54) is 77.7 Å². The highest BCUT2D eigenvalue weighted by atomic mass is 16.4. The molecule has 140 valence electrons. The Kier molecular flexibility index (Phi) is 19.0. The monoisotopic (exact) mass is 331 g/mol. The van der Waals surface area contributed by atoms with Gasteiger partial charge in [0.05, 0.1) is 27.2 Å². The van der Waals surface area contributed by atoms with Gasteiger partial charge in [0.15, 0.2) is 0 Å². The summed E-state index contributed by atoms with van der Waals surface area (Å²) in [6.45, 7) is 6.21. The number of nitrogens with zero attached hydrogens (tertiary/aromatic N) is 1. The lowest BCUT2D eigenvalue weighted by molar-refractivity contribution is -0.890. The Morgan fingerprint density at radius 2 is 1.22 bits per heavy atom. The van der Waals surface area contributed by atoms with Gasteiger partial charge in [0, 0.05) is 5.97 Å². The minimum Gasteiger partial charge on any atom is -0.550 e. The first-order valence-corrected chi connectivity index (χ1v) is 9.52. The molecule has 4 nitrogen and oxygen atoms in total. The summed E-state index contributed by atoms with van der Waals surface area (Å²) in [5.41, 5.74) is 0. The number of carboxylic acids is 1. The standard InChI is InChI=1S/C16H36NO.C3H6O2/c1-4-5-6-7-8-9-10-11-12-13-14-17(2,3)15-16-18;1-2-3(4)5/h18H,4-16H2,1-3H3;2H2,1H3,(H,4,5)/q+1;/p-1. The zero-order valence-electron chi connectivity index (χ0n) is 16.1. The maximum absolute atomic E-state index is 9.26. The molecule has 0 rings (SSSR count). The molecule has 0 aromatic carbocycles. The van der Waals surface area contributed by atoms with Crippen LogP contribution in [0.2, 0.25) is 0 Å². The molecule has 0 amide bonds. The topological polar surface area (TPSA) is 60.4 Å². The van der Waals surface area contributed by atoms with Gasteiger partial charge in [0.25, 0.3) is 0 Å². The zero-order valence-corrected chi connectivity index (χ0v) is 16.1. The van der Waals surface area contributed by atoms with Gasteiger partial charge in [-0.2, -0.15) is 0 Å². The molecule has 0 saturated heterocycles. The van der Waals surface area contributed by atoms with Gasteiger partial charge in [-0.1, -0.05) is 65.2 Å². The van der Waals surface area contributed by atoms with Crippen LogP contribution in [0.3, 0.4) is 0 Å². The minimum atomic E-state index is -0.995. The molecule has 4 heteroatoms. The van der Waals surface area contributed by atoms with Crippen molar-refractivity contribution in [3.8, 4) is 0 Å². The summed E-state index contributed by atoms with van der Waals surface area (Å²) in [5, 5.41) is 18.2. The van der Waals surface area contributed by atoms with Gasteiger partial charge in [-0.25, -0.2) is 0 Å². The Bertz CT molecular complexity index is 255. The lowest BCUT2D eigenvalue weighted by Crippen LogP contribution is -2.42. The van der Waals surface area contributed by atoms with Gasteiger partial charge < -0.3 is 19.5 Å². The van der Waals surface area contributed by atoms with E-state index in [1.54, 1.807) is 0 Å². The SMILES string of the molecule is CCC(=O)[O-].CCCCCCCCCCCC[N+](C)(C)CCO. The number of unbranched alkanes of at least 4 members (excludes halogenated alkanes) is 9. The molecular formula is C19H41NO3. The largest absolute Gasteiger partial charge is 0.550 e. The van der Waals surface area contributed by atoms with E-state index in [0.717, 1.165) is 11.0 Å². The maximum Gasteiger partial charge on any atom is 0.102 e. The third-order valence-corrected chi connectivity index (χ3v) is 4.11. The van der Waals surface area contributed by atoms with Crippen molar-refractivity contribution in [2.75, 3.05) is 33.8 Å². The number of aliphatic hydroxyl groups is 1. The highest BCUT2D eigenvalue weighted by Gasteiger charge is 2.12. The molecule has 0 radical (unpaired) electrons. The van der Waals surface area contributed by atoms with Gasteiger partial charge in [0.2, 0.25) is 0 Å². The first-order valence-electron chi connectivity index (χ1n) is 9.52. The van der Waals surface area contributed by atoms with Crippen LogP contribution in [-0.2, 0) is 4.79 Å². The van der Waals surface area contributed by atoms with Crippen molar-refractivity contribution in [2.24, 2.45) is 0 Å². The van der Waals surface area contributed by atoms with Gasteiger partial charge in [-0.05, 0) is 19.3 Å². The van der Waals surface area contributed by atoms with Crippen molar-refractivity contribution < 1.29 is 19.5 Å². The van der Waals surface area contributed by atoms with E-state index in [2.05, 4.69) is 21.0 Å². The van der Waals surface area contributed by atoms with Crippen molar-refractivity contribution >= 4 is 5.97 Å². The van der Waals surface area contributed by atoms with Crippen molar-refractivity contribution in [3.05, 3.63) is 0 Å². The van der Waals surface area contributed by atoms with Gasteiger partial charge in [0.1, 0.15) is 6.54 Å². The minimum absolute atomic E-state index is 0.111. The number of carbonyl (C=O) groups excluding carboxylic acids is 1. The number of rotatable bonds is 14. The molecule has 1 N–H and O–H groups in total. The van der Waals surface area contributed by atoms with Crippen molar-refractivity contribution in [1.29, 1.82) is 0 Å². The summed E-state index contributed by atoms with van der Waals surface area (Å²) in [5.74, 6) is -0.995. The molecule has 0 aliphatic heterocycles. The smallest absolute Gasteiger partial charge is 0.102 e. The molecule has 0 spiro atoms. The lowest BCUT2D eigenvalue weighted by atomic mass is 10.1. The van der Waals surface area contributed by atoms with Crippen LogP contribution in [0.15, 0.2) is 0 Å². The van der Waals surface area contributed by atoms with Crippen LogP contribution in [0.4, 0.5) is 0 Å². The number of aliphatic carboxylic acids is 1. The second-order valence-corrected chi connectivity index (χ2v) is 7.01. The number of aliphatic hydroxyl groups excluding tert-OH is 1. The first kappa shape index (κ1) is 24.6. The van der Waals surface area contributed by atoms with Crippen LogP contribution in [0, 0.1) is 0 Å². The van der Waals surface area contributed by atoms with Gasteiger partial charge in [-0.3, -0.25) is 0 Å². The molecule has 23 heavy (non-hydrogen) atoms. The molecule has 0 unspecified atom stereocenters. The number of hydrogen-bond acceptors (Lipinski definition) is 3. The predicted molar refractivity (Wildman–Crippen MR) is 96.1 cm³/mol. The summed E-state index contributed by atoms with van der Waals surface area (Å²) in [6.07, 6.45) is 14.1. The average molecular weight is 332 g/mol. The maximum atomic E-state index is 9.26. The molecule has 0 aromatic rings. The fourth-order valence-electron chi connectivity index (χ4n) is 2.41. The third kappa shape index (κ3) is 23.8. The van der Waals surface area contributed by atoms with E-state index in [1.807, 2.05) is 0 Å². The van der Waals surface area contributed by atoms with E-state index < -0.39 is 5.97 Å². The Labute approximate surface area is 144 Å². The zero-order chi connectivity index (χ0) is 18.0. The normalized spacial score (nSPS) is 11.0.